The molecule has 3 rings (SSSR count). The van der Waals surface area contributed by atoms with Crippen molar-refractivity contribution in [3.05, 3.63) is 86.8 Å². The lowest BCUT2D eigenvalue weighted by Gasteiger charge is -2.14. The Bertz CT molecular complexity index is 1110. The molecule has 0 saturated heterocycles. The third kappa shape index (κ3) is 5.31. The normalized spacial score (nSPS) is 10.7. The first-order valence-corrected chi connectivity index (χ1v) is 10.3. The summed E-state index contributed by atoms with van der Waals surface area (Å²) in [7, 11) is 1.28. The number of rotatable bonds is 9. The van der Waals surface area contributed by atoms with Gasteiger partial charge in [0.25, 0.3) is 5.56 Å². The molecule has 162 valence electrons. The quantitative estimate of drug-likeness (QED) is 0.395. The number of carbonyl (C=O) groups excluding carboxylic acids is 1. The van der Waals surface area contributed by atoms with E-state index in [4.69, 9.17) is 21.1 Å². The minimum absolute atomic E-state index is 0.0191. The SMILES string of the molecule is CCCOCc1ccccc1CNc1cnn(-c2ccccc2C(=O)OC)c(=O)c1Cl. The maximum Gasteiger partial charge on any atom is 0.340 e. The lowest BCUT2D eigenvalue weighted by Crippen LogP contribution is -2.24. The van der Waals surface area contributed by atoms with E-state index in [1.54, 1.807) is 24.3 Å². The lowest BCUT2D eigenvalue weighted by molar-refractivity contribution is 0.0600. The predicted octanol–water partition coefficient (Wildman–Crippen LogP) is 4.21. The summed E-state index contributed by atoms with van der Waals surface area (Å²) in [4.78, 5) is 24.9. The zero-order chi connectivity index (χ0) is 22.2. The van der Waals surface area contributed by atoms with E-state index in [0.717, 1.165) is 22.2 Å². The molecule has 0 fully saturated rings. The number of nitrogens with zero attached hydrogens (tertiary/aromatic N) is 2. The zero-order valence-electron chi connectivity index (χ0n) is 17.4. The number of carbonyl (C=O) groups is 1. The van der Waals surface area contributed by atoms with Gasteiger partial charge in [-0.25, -0.2) is 4.79 Å². The number of hydrogen-bond acceptors (Lipinski definition) is 6. The van der Waals surface area contributed by atoms with Gasteiger partial charge in [0.15, 0.2) is 0 Å². The van der Waals surface area contributed by atoms with Crippen LogP contribution in [-0.4, -0.2) is 29.5 Å². The molecule has 0 aliphatic rings. The highest BCUT2D eigenvalue weighted by Gasteiger charge is 2.17. The van der Waals surface area contributed by atoms with Gasteiger partial charge in [0.05, 0.1) is 36.9 Å². The van der Waals surface area contributed by atoms with Crippen LogP contribution in [0.1, 0.15) is 34.8 Å². The molecule has 0 radical (unpaired) electrons. The molecule has 3 aromatic rings. The Morgan fingerprint density at radius 2 is 1.84 bits per heavy atom. The Morgan fingerprint density at radius 1 is 1.13 bits per heavy atom. The van der Waals surface area contributed by atoms with Gasteiger partial charge >= 0.3 is 5.97 Å². The smallest absolute Gasteiger partial charge is 0.340 e. The highest BCUT2D eigenvalue weighted by molar-refractivity contribution is 6.32. The fourth-order valence-electron chi connectivity index (χ4n) is 3.06. The van der Waals surface area contributed by atoms with Crippen molar-refractivity contribution in [1.29, 1.82) is 0 Å². The van der Waals surface area contributed by atoms with Gasteiger partial charge in [-0.15, -0.1) is 0 Å². The molecule has 0 saturated carbocycles. The summed E-state index contributed by atoms with van der Waals surface area (Å²) in [5.41, 5.74) is 2.48. The second kappa shape index (κ2) is 10.7. The van der Waals surface area contributed by atoms with Crippen LogP contribution in [0.4, 0.5) is 5.69 Å². The van der Waals surface area contributed by atoms with Crippen molar-refractivity contribution in [2.75, 3.05) is 19.0 Å². The molecule has 0 spiro atoms. The van der Waals surface area contributed by atoms with E-state index in [1.807, 2.05) is 24.3 Å². The van der Waals surface area contributed by atoms with E-state index in [-0.39, 0.29) is 10.6 Å². The molecule has 7 nitrogen and oxygen atoms in total. The molecule has 0 atom stereocenters. The van der Waals surface area contributed by atoms with Gasteiger partial charge in [-0.1, -0.05) is 54.9 Å². The molecule has 0 aliphatic carbocycles. The number of nitrogens with one attached hydrogen (secondary N) is 1. The minimum Gasteiger partial charge on any atom is -0.465 e. The van der Waals surface area contributed by atoms with Crippen molar-refractivity contribution in [3.63, 3.8) is 0 Å². The van der Waals surface area contributed by atoms with E-state index >= 15 is 0 Å². The van der Waals surface area contributed by atoms with Crippen LogP contribution in [-0.2, 0) is 22.6 Å². The third-order valence-electron chi connectivity index (χ3n) is 4.65. The van der Waals surface area contributed by atoms with Gasteiger partial charge in [-0.2, -0.15) is 9.78 Å². The van der Waals surface area contributed by atoms with Gasteiger partial charge in [0.2, 0.25) is 0 Å². The number of esters is 1. The number of benzene rings is 2. The van der Waals surface area contributed by atoms with Crippen LogP contribution < -0.4 is 10.9 Å². The average molecular weight is 442 g/mol. The van der Waals surface area contributed by atoms with Gasteiger partial charge < -0.3 is 14.8 Å². The summed E-state index contributed by atoms with van der Waals surface area (Å²) in [5, 5.41) is 7.36. The summed E-state index contributed by atoms with van der Waals surface area (Å²) >= 11 is 6.35. The van der Waals surface area contributed by atoms with Gasteiger partial charge in [0.1, 0.15) is 5.02 Å². The summed E-state index contributed by atoms with van der Waals surface area (Å²) in [6.45, 7) is 3.73. The molecule has 0 amide bonds. The number of halogens is 1. The Labute approximate surface area is 185 Å². The fourth-order valence-corrected chi connectivity index (χ4v) is 3.25. The highest BCUT2D eigenvalue weighted by atomic mass is 35.5. The Balaban J connectivity index is 1.84. The van der Waals surface area contributed by atoms with Crippen LogP contribution >= 0.6 is 11.6 Å². The first kappa shape index (κ1) is 22.5. The summed E-state index contributed by atoms with van der Waals surface area (Å²) in [5.74, 6) is -0.565. The number of hydrogen-bond donors (Lipinski definition) is 1. The van der Waals surface area contributed by atoms with E-state index in [0.29, 0.717) is 31.1 Å². The van der Waals surface area contributed by atoms with E-state index in [1.165, 1.54) is 13.3 Å². The molecule has 1 heterocycles. The van der Waals surface area contributed by atoms with Crippen LogP contribution in [0.2, 0.25) is 5.02 Å². The Hall–Kier alpha value is -3.16. The molecule has 0 bridgehead atoms. The van der Waals surface area contributed by atoms with Gasteiger partial charge in [-0.05, 0) is 29.7 Å². The summed E-state index contributed by atoms with van der Waals surface area (Å²) in [6, 6.07) is 14.5. The second-order valence-electron chi connectivity index (χ2n) is 6.77. The van der Waals surface area contributed by atoms with Crippen molar-refractivity contribution in [3.8, 4) is 5.69 Å². The minimum atomic E-state index is -0.565. The summed E-state index contributed by atoms with van der Waals surface area (Å²) in [6.07, 6.45) is 2.42. The van der Waals surface area contributed by atoms with Crippen LogP contribution in [0.5, 0.6) is 0 Å². The first-order valence-electron chi connectivity index (χ1n) is 9.90. The molecular formula is C23H24ClN3O4. The molecule has 1 N–H and O–H groups in total. The third-order valence-corrected chi connectivity index (χ3v) is 5.02. The maximum absolute atomic E-state index is 12.9. The van der Waals surface area contributed by atoms with E-state index in [2.05, 4.69) is 17.3 Å². The molecule has 8 heteroatoms. The second-order valence-corrected chi connectivity index (χ2v) is 7.15. The number of para-hydroxylation sites is 1. The number of anilines is 1. The molecule has 1 aromatic heterocycles. The number of aromatic nitrogens is 2. The van der Waals surface area contributed by atoms with Crippen molar-refractivity contribution < 1.29 is 14.3 Å². The standard InChI is InChI=1S/C23H24ClN3O4/c1-3-12-31-15-17-9-5-4-8-16(17)13-25-19-14-26-27(22(28)21(19)24)20-11-7-6-10-18(20)23(29)30-2/h4-11,14,25H,3,12-13,15H2,1-2H3. The highest BCUT2D eigenvalue weighted by Crippen LogP contribution is 2.20. The molecule has 31 heavy (non-hydrogen) atoms. The predicted molar refractivity (Wildman–Crippen MR) is 120 cm³/mol. The van der Waals surface area contributed by atoms with Crippen molar-refractivity contribution in [2.45, 2.75) is 26.5 Å². The molecule has 0 unspecified atom stereocenters. The maximum atomic E-state index is 12.9. The van der Waals surface area contributed by atoms with Crippen LogP contribution in [0, 0.1) is 0 Å². The Kier molecular flexibility index (Phi) is 7.81. The van der Waals surface area contributed by atoms with E-state index in [9.17, 15) is 9.59 Å². The first-order chi connectivity index (χ1) is 15.1. The van der Waals surface area contributed by atoms with Gasteiger partial charge in [0, 0.05) is 13.2 Å². The summed E-state index contributed by atoms with van der Waals surface area (Å²) < 4.78 is 11.5. The van der Waals surface area contributed by atoms with Crippen molar-refractivity contribution in [2.24, 2.45) is 0 Å². The molecular weight excluding hydrogens is 418 g/mol. The fraction of sp³-hybridized carbons (Fsp3) is 0.261. The van der Waals surface area contributed by atoms with E-state index < -0.39 is 11.5 Å². The number of methoxy groups -OCH3 is 1. The van der Waals surface area contributed by atoms with Crippen molar-refractivity contribution >= 4 is 23.3 Å². The van der Waals surface area contributed by atoms with Gasteiger partial charge in [-0.3, -0.25) is 4.79 Å². The lowest BCUT2D eigenvalue weighted by atomic mass is 10.1. The Morgan fingerprint density at radius 3 is 2.58 bits per heavy atom. The zero-order valence-corrected chi connectivity index (χ0v) is 18.2. The van der Waals surface area contributed by atoms with Crippen molar-refractivity contribution in [1.82, 2.24) is 9.78 Å². The molecule has 2 aromatic carbocycles. The monoisotopic (exact) mass is 441 g/mol. The van der Waals surface area contributed by atoms with Crippen LogP contribution in [0.15, 0.2) is 59.5 Å². The molecule has 0 aliphatic heterocycles. The van der Waals surface area contributed by atoms with Crippen LogP contribution in [0.25, 0.3) is 5.69 Å². The topological polar surface area (TPSA) is 82.4 Å². The van der Waals surface area contributed by atoms with Crippen LogP contribution in [0.3, 0.4) is 0 Å². The number of ether oxygens (including phenoxy) is 2. The average Bonchev–Trinajstić information content (AvgIpc) is 2.80. The largest absolute Gasteiger partial charge is 0.465 e.